The number of hydrogen-bond donors (Lipinski definition) is 0. The minimum absolute atomic E-state index is 0.221. The average molecular weight is 314 g/mol. The number of nitrogens with zero attached hydrogens (tertiary/aromatic N) is 2. The van der Waals surface area contributed by atoms with Crippen molar-refractivity contribution < 1.29 is 9.53 Å². The van der Waals surface area contributed by atoms with Gasteiger partial charge in [-0.15, -0.1) is 11.3 Å². The molecule has 5 heteroatoms. The van der Waals surface area contributed by atoms with Crippen LogP contribution in [0.15, 0.2) is 30.3 Å². The first-order valence-corrected chi connectivity index (χ1v) is 8.38. The number of amides is 1. The van der Waals surface area contributed by atoms with Gasteiger partial charge >= 0.3 is 0 Å². The Morgan fingerprint density at radius 3 is 2.77 bits per heavy atom. The van der Waals surface area contributed by atoms with E-state index >= 15 is 0 Å². The molecule has 22 heavy (non-hydrogen) atoms. The van der Waals surface area contributed by atoms with E-state index < -0.39 is 0 Å². The quantitative estimate of drug-likeness (QED) is 0.856. The van der Waals surface area contributed by atoms with Crippen molar-refractivity contribution in [3.63, 3.8) is 0 Å². The van der Waals surface area contributed by atoms with Gasteiger partial charge in [-0.1, -0.05) is 30.3 Å². The van der Waals surface area contributed by atoms with Crippen molar-refractivity contribution in [2.24, 2.45) is 5.41 Å². The van der Waals surface area contributed by atoms with Crippen LogP contribution in [0.1, 0.15) is 17.5 Å². The second-order valence-electron chi connectivity index (χ2n) is 6.29. The van der Waals surface area contributed by atoms with Crippen molar-refractivity contribution in [2.45, 2.75) is 19.9 Å². The van der Waals surface area contributed by atoms with Gasteiger partial charge in [0.05, 0.1) is 30.9 Å². The van der Waals surface area contributed by atoms with Gasteiger partial charge in [-0.3, -0.25) is 4.79 Å². The fourth-order valence-electron chi connectivity index (χ4n) is 2.99. The number of ether oxygens (including phenoxy) is 1. The van der Waals surface area contributed by atoms with Crippen molar-refractivity contribution in [3.8, 4) is 10.6 Å². The highest BCUT2D eigenvalue weighted by Crippen LogP contribution is 2.35. The van der Waals surface area contributed by atoms with Crippen molar-refractivity contribution in [1.82, 2.24) is 9.88 Å². The van der Waals surface area contributed by atoms with E-state index in [0.717, 1.165) is 29.2 Å². The summed E-state index contributed by atoms with van der Waals surface area (Å²) in [4.78, 5) is 20.6. The first-order valence-electron chi connectivity index (χ1n) is 7.57. The second-order valence-corrected chi connectivity index (χ2v) is 7.37. The Kier molecular flexibility index (Phi) is 3.27. The van der Waals surface area contributed by atoms with Crippen LogP contribution in [0.5, 0.6) is 0 Å². The minimum Gasteiger partial charge on any atom is -0.379 e. The number of carbonyl (C=O) groups excluding carboxylic acids is 1. The van der Waals surface area contributed by atoms with Crippen LogP contribution in [-0.4, -0.2) is 35.5 Å². The lowest BCUT2D eigenvalue weighted by molar-refractivity contribution is -0.169. The number of hydrogen-bond acceptors (Lipinski definition) is 4. The molecule has 0 saturated carbocycles. The van der Waals surface area contributed by atoms with Crippen LogP contribution < -0.4 is 0 Å². The molecule has 4 nitrogen and oxygen atoms in total. The second kappa shape index (κ2) is 5.18. The Hall–Kier alpha value is -1.72. The molecule has 1 aromatic carbocycles. The Bertz CT molecular complexity index is 707. The zero-order valence-corrected chi connectivity index (χ0v) is 13.4. The van der Waals surface area contributed by atoms with Gasteiger partial charge in [-0.25, -0.2) is 4.98 Å². The predicted molar refractivity (Wildman–Crippen MR) is 85.6 cm³/mol. The van der Waals surface area contributed by atoms with Gasteiger partial charge in [0.25, 0.3) is 0 Å². The van der Waals surface area contributed by atoms with E-state index in [1.807, 2.05) is 30.0 Å². The molecule has 2 aliphatic rings. The molecule has 1 amide bonds. The van der Waals surface area contributed by atoms with Gasteiger partial charge < -0.3 is 9.64 Å². The number of fused-ring (bicyclic) bond motifs is 1. The van der Waals surface area contributed by atoms with Gasteiger partial charge in [0.15, 0.2) is 0 Å². The fourth-order valence-corrected chi connectivity index (χ4v) is 4.12. The number of rotatable bonds is 2. The third-order valence-electron chi connectivity index (χ3n) is 4.40. The Morgan fingerprint density at radius 2 is 2.09 bits per heavy atom. The van der Waals surface area contributed by atoms with Gasteiger partial charge in [-0.05, 0) is 6.92 Å². The molecule has 0 radical (unpaired) electrons. The summed E-state index contributed by atoms with van der Waals surface area (Å²) in [5, 5.41) is 1.05. The van der Waals surface area contributed by atoms with Crippen molar-refractivity contribution in [1.29, 1.82) is 0 Å². The molecule has 4 rings (SSSR count). The molecule has 1 aromatic heterocycles. The summed E-state index contributed by atoms with van der Waals surface area (Å²) in [7, 11) is 0. The predicted octanol–water partition coefficient (Wildman–Crippen LogP) is 2.73. The zero-order chi connectivity index (χ0) is 15.2. The van der Waals surface area contributed by atoms with Crippen LogP contribution in [0, 0.1) is 5.41 Å². The highest BCUT2D eigenvalue weighted by Gasteiger charge is 2.44. The summed E-state index contributed by atoms with van der Waals surface area (Å²) < 4.78 is 5.22. The largest absolute Gasteiger partial charge is 0.379 e. The minimum atomic E-state index is -0.315. The Balaban J connectivity index is 1.56. The molecule has 1 fully saturated rings. The molecular formula is C17H18N2O2S. The van der Waals surface area contributed by atoms with E-state index in [1.54, 1.807) is 11.3 Å². The standard InChI is InChI=1S/C17H18N2O2S/c1-17(10-21-11-17)16(20)19-8-7-13-14(9-19)22-15(18-13)12-5-3-2-4-6-12/h2-6H,7-11H2,1H3. The van der Waals surface area contributed by atoms with Crippen LogP contribution in [0.25, 0.3) is 10.6 Å². The fraction of sp³-hybridized carbons (Fsp3) is 0.412. The number of benzene rings is 1. The van der Waals surface area contributed by atoms with E-state index in [-0.39, 0.29) is 11.3 Å². The highest BCUT2D eigenvalue weighted by molar-refractivity contribution is 7.15. The highest BCUT2D eigenvalue weighted by atomic mass is 32.1. The van der Waals surface area contributed by atoms with E-state index in [4.69, 9.17) is 9.72 Å². The normalized spacial score (nSPS) is 19.4. The topological polar surface area (TPSA) is 42.4 Å². The summed E-state index contributed by atoms with van der Waals surface area (Å²) in [6.45, 7) is 4.55. The molecular weight excluding hydrogens is 296 g/mol. The lowest BCUT2D eigenvalue weighted by Crippen LogP contribution is -2.54. The first-order chi connectivity index (χ1) is 10.7. The third kappa shape index (κ3) is 2.25. The summed E-state index contributed by atoms with van der Waals surface area (Å²) >= 11 is 1.71. The maximum atomic E-state index is 12.6. The summed E-state index contributed by atoms with van der Waals surface area (Å²) in [6, 6.07) is 10.2. The smallest absolute Gasteiger partial charge is 0.233 e. The zero-order valence-electron chi connectivity index (χ0n) is 12.5. The van der Waals surface area contributed by atoms with E-state index in [1.165, 1.54) is 4.88 Å². The van der Waals surface area contributed by atoms with Gasteiger partial charge in [0.2, 0.25) is 5.91 Å². The maximum absolute atomic E-state index is 12.6. The third-order valence-corrected chi connectivity index (χ3v) is 5.53. The van der Waals surface area contributed by atoms with Crippen molar-refractivity contribution in [3.05, 3.63) is 40.9 Å². The SMILES string of the molecule is CC1(C(=O)N2CCc3nc(-c4ccccc4)sc3C2)COC1. The van der Waals surface area contributed by atoms with Gasteiger partial charge in [-0.2, -0.15) is 0 Å². The van der Waals surface area contributed by atoms with E-state index in [0.29, 0.717) is 19.8 Å². The molecule has 114 valence electrons. The van der Waals surface area contributed by atoms with Crippen molar-refractivity contribution >= 4 is 17.2 Å². The summed E-state index contributed by atoms with van der Waals surface area (Å²) in [5.41, 5.74) is 1.99. The Labute approximate surface area is 133 Å². The molecule has 0 atom stereocenters. The molecule has 0 unspecified atom stereocenters. The summed E-state index contributed by atoms with van der Waals surface area (Å²) in [5.74, 6) is 0.221. The number of thiazole rings is 1. The summed E-state index contributed by atoms with van der Waals surface area (Å²) in [6.07, 6.45) is 0.849. The average Bonchev–Trinajstić information content (AvgIpc) is 2.96. The molecule has 1 saturated heterocycles. The van der Waals surface area contributed by atoms with Crippen LogP contribution in [-0.2, 0) is 22.5 Å². The number of aromatic nitrogens is 1. The molecule has 3 heterocycles. The van der Waals surface area contributed by atoms with Crippen LogP contribution in [0.4, 0.5) is 0 Å². The molecule has 0 spiro atoms. The molecule has 2 aromatic rings. The van der Waals surface area contributed by atoms with E-state index in [2.05, 4.69) is 12.1 Å². The van der Waals surface area contributed by atoms with Crippen LogP contribution in [0.3, 0.4) is 0 Å². The first kappa shape index (κ1) is 13.9. The Morgan fingerprint density at radius 1 is 1.32 bits per heavy atom. The molecule has 2 aliphatic heterocycles. The van der Waals surface area contributed by atoms with Crippen molar-refractivity contribution in [2.75, 3.05) is 19.8 Å². The monoisotopic (exact) mass is 314 g/mol. The van der Waals surface area contributed by atoms with Crippen LogP contribution in [0.2, 0.25) is 0 Å². The van der Waals surface area contributed by atoms with E-state index in [9.17, 15) is 4.79 Å². The molecule has 0 N–H and O–H groups in total. The maximum Gasteiger partial charge on any atom is 0.233 e. The van der Waals surface area contributed by atoms with Crippen LogP contribution >= 0.6 is 11.3 Å². The molecule has 0 aliphatic carbocycles. The van der Waals surface area contributed by atoms with Gasteiger partial charge in [0, 0.05) is 23.4 Å². The lowest BCUT2D eigenvalue weighted by Gasteiger charge is -2.41. The molecule has 0 bridgehead atoms. The van der Waals surface area contributed by atoms with Gasteiger partial charge in [0.1, 0.15) is 5.01 Å². The lowest BCUT2D eigenvalue weighted by atomic mass is 9.86. The number of carbonyl (C=O) groups is 1.